The molecule has 0 radical (unpaired) electrons. The van der Waals surface area contributed by atoms with Crippen LogP contribution in [-0.4, -0.2) is 57.6 Å². The number of carboxylic acids is 1. The Morgan fingerprint density at radius 1 is 1.45 bits per heavy atom. The third kappa shape index (κ3) is 3.44. The predicted octanol–water partition coefficient (Wildman–Crippen LogP) is -0.720. The lowest BCUT2D eigenvalue weighted by Gasteiger charge is -2.33. The van der Waals surface area contributed by atoms with Crippen LogP contribution in [-0.2, 0) is 16.0 Å². The van der Waals surface area contributed by atoms with Gasteiger partial charge in [0.2, 0.25) is 0 Å². The van der Waals surface area contributed by atoms with Gasteiger partial charge in [0.25, 0.3) is 0 Å². The average Bonchev–Trinajstić information content (AvgIpc) is 2.93. The maximum atomic E-state index is 11.8. The van der Waals surface area contributed by atoms with E-state index in [0.29, 0.717) is 32.0 Å². The molecule has 1 aliphatic heterocycles. The zero-order chi connectivity index (χ0) is 14.4. The molecule has 1 fully saturated rings. The van der Waals surface area contributed by atoms with Crippen LogP contribution in [0.4, 0.5) is 4.79 Å². The molecular formula is C11H17N5O4. The number of aliphatic carboxylic acids is 1. The third-order valence-corrected chi connectivity index (χ3v) is 3.22. The van der Waals surface area contributed by atoms with Crippen LogP contribution in [0, 0.1) is 0 Å². The molecule has 0 aliphatic carbocycles. The molecule has 4 N–H and O–H groups in total. The Morgan fingerprint density at radius 2 is 2.20 bits per heavy atom. The van der Waals surface area contributed by atoms with Gasteiger partial charge in [-0.05, 0) is 0 Å². The lowest BCUT2D eigenvalue weighted by atomic mass is 9.90. The molecule has 0 bridgehead atoms. The second-order valence-corrected chi connectivity index (χ2v) is 4.56. The Bertz CT molecular complexity index is 455. The topological polar surface area (TPSA) is 129 Å². The Labute approximate surface area is 115 Å². The van der Waals surface area contributed by atoms with Crippen LogP contribution >= 0.6 is 0 Å². The molecule has 0 aromatic carbocycles. The van der Waals surface area contributed by atoms with Crippen LogP contribution in [0.3, 0.4) is 0 Å². The molecule has 9 nitrogen and oxygen atoms in total. The number of amides is 2. The second kappa shape index (κ2) is 6.33. The molecule has 0 saturated carbocycles. The highest BCUT2D eigenvalue weighted by Crippen LogP contribution is 2.20. The lowest BCUT2D eigenvalue weighted by Crippen LogP contribution is -2.59. The monoisotopic (exact) mass is 283 g/mol. The van der Waals surface area contributed by atoms with E-state index in [1.54, 1.807) is 0 Å². The molecule has 0 atom stereocenters. The zero-order valence-corrected chi connectivity index (χ0v) is 10.9. The van der Waals surface area contributed by atoms with Crippen LogP contribution in [0.15, 0.2) is 6.33 Å². The summed E-state index contributed by atoms with van der Waals surface area (Å²) < 4.78 is 5.13. The van der Waals surface area contributed by atoms with Gasteiger partial charge in [0.1, 0.15) is 17.7 Å². The van der Waals surface area contributed by atoms with Crippen molar-refractivity contribution >= 4 is 12.0 Å². The number of carbonyl (C=O) groups is 2. The molecule has 1 saturated heterocycles. The molecule has 20 heavy (non-hydrogen) atoms. The summed E-state index contributed by atoms with van der Waals surface area (Å²) in [4.78, 5) is 27.0. The Morgan fingerprint density at radius 3 is 2.80 bits per heavy atom. The van der Waals surface area contributed by atoms with Crippen molar-refractivity contribution in [3.05, 3.63) is 12.2 Å². The van der Waals surface area contributed by atoms with E-state index >= 15 is 0 Å². The summed E-state index contributed by atoms with van der Waals surface area (Å²) >= 11 is 0. The first-order valence-electron chi connectivity index (χ1n) is 6.34. The average molecular weight is 283 g/mol. The number of aromatic nitrogens is 3. The Hall–Kier alpha value is -2.16. The van der Waals surface area contributed by atoms with Crippen molar-refractivity contribution in [1.29, 1.82) is 0 Å². The van der Waals surface area contributed by atoms with Crippen molar-refractivity contribution in [2.45, 2.75) is 24.8 Å². The summed E-state index contributed by atoms with van der Waals surface area (Å²) in [6.45, 7) is 0.989. The van der Waals surface area contributed by atoms with E-state index in [0.717, 1.165) is 0 Å². The SMILES string of the molecule is O=C(NCCc1ncn[nH]1)NC1(C(=O)O)CCOCC1. The van der Waals surface area contributed by atoms with Gasteiger partial charge in [-0.2, -0.15) is 5.10 Å². The van der Waals surface area contributed by atoms with Gasteiger partial charge in [0, 0.05) is 39.0 Å². The number of hydrogen-bond donors (Lipinski definition) is 4. The number of rotatable bonds is 5. The van der Waals surface area contributed by atoms with Crippen LogP contribution in [0.5, 0.6) is 0 Å². The number of ether oxygens (including phenoxy) is 1. The minimum absolute atomic E-state index is 0.262. The summed E-state index contributed by atoms with van der Waals surface area (Å²) in [6, 6.07) is -0.506. The molecule has 2 rings (SSSR count). The second-order valence-electron chi connectivity index (χ2n) is 4.56. The first-order chi connectivity index (χ1) is 9.62. The zero-order valence-electron chi connectivity index (χ0n) is 10.9. The van der Waals surface area contributed by atoms with E-state index in [2.05, 4.69) is 25.8 Å². The van der Waals surface area contributed by atoms with Gasteiger partial charge >= 0.3 is 12.0 Å². The number of carboxylic acid groups (broad SMARTS) is 1. The normalized spacial score (nSPS) is 17.4. The molecular weight excluding hydrogens is 266 g/mol. The Kier molecular flexibility index (Phi) is 4.51. The number of H-pyrrole nitrogens is 1. The highest BCUT2D eigenvalue weighted by molar-refractivity contribution is 5.86. The first-order valence-corrected chi connectivity index (χ1v) is 6.34. The van der Waals surface area contributed by atoms with Crippen LogP contribution in [0.1, 0.15) is 18.7 Å². The molecule has 2 amide bonds. The van der Waals surface area contributed by atoms with Crippen molar-refractivity contribution in [2.75, 3.05) is 19.8 Å². The number of nitrogens with zero attached hydrogens (tertiary/aromatic N) is 2. The minimum Gasteiger partial charge on any atom is -0.480 e. The quantitative estimate of drug-likeness (QED) is 0.564. The fourth-order valence-corrected chi connectivity index (χ4v) is 2.02. The first kappa shape index (κ1) is 14.3. The number of urea groups is 1. The molecule has 2 heterocycles. The van der Waals surface area contributed by atoms with Crippen molar-refractivity contribution in [1.82, 2.24) is 25.8 Å². The molecule has 0 unspecified atom stereocenters. The largest absolute Gasteiger partial charge is 0.480 e. The smallest absolute Gasteiger partial charge is 0.329 e. The van der Waals surface area contributed by atoms with E-state index < -0.39 is 17.5 Å². The summed E-state index contributed by atoms with van der Waals surface area (Å²) in [5.41, 5.74) is -1.24. The van der Waals surface area contributed by atoms with E-state index in [4.69, 9.17) is 4.74 Å². The fraction of sp³-hybridized carbons (Fsp3) is 0.636. The number of aromatic amines is 1. The van der Waals surface area contributed by atoms with Crippen molar-refractivity contribution in [3.8, 4) is 0 Å². The highest BCUT2D eigenvalue weighted by Gasteiger charge is 2.41. The van der Waals surface area contributed by atoms with Crippen molar-refractivity contribution in [2.24, 2.45) is 0 Å². The van der Waals surface area contributed by atoms with Crippen LogP contribution < -0.4 is 10.6 Å². The molecule has 1 aromatic rings. The van der Waals surface area contributed by atoms with Gasteiger partial charge < -0.3 is 20.5 Å². The van der Waals surface area contributed by atoms with Gasteiger partial charge in [-0.25, -0.2) is 14.6 Å². The standard InChI is InChI=1S/C11H17N5O4/c17-9(18)11(2-5-20-6-3-11)15-10(19)12-4-1-8-13-7-14-16-8/h7H,1-6H2,(H,17,18)(H2,12,15,19)(H,13,14,16). The predicted molar refractivity (Wildman–Crippen MR) is 67.0 cm³/mol. The number of hydrogen-bond acceptors (Lipinski definition) is 5. The van der Waals surface area contributed by atoms with E-state index in [1.807, 2.05) is 0 Å². The maximum Gasteiger partial charge on any atom is 0.329 e. The Balaban J connectivity index is 1.81. The number of nitrogens with one attached hydrogen (secondary N) is 3. The van der Waals surface area contributed by atoms with Crippen LogP contribution in [0.2, 0.25) is 0 Å². The van der Waals surface area contributed by atoms with Gasteiger partial charge in [0.15, 0.2) is 0 Å². The van der Waals surface area contributed by atoms with E-state index in [-0.39, 0.29) is 12.8 Å². The van der Waals surface area contributed by atoms with Crippen molar-refractivity contribution in [3.63, 3.8) is 0 Å². The van der Waals surface area contributed by atoms with E-state index in [9.17, 15) is 14.7 Å². The highest BCUT2D eigenvalue weighted by atomic mass is 16.5. The molecule has 1 aromatic heterocycles. The van der Waals surface area contributed by atoms with Crippen molar-refractivity contribution < 1.29 is 19.4 Å². The van der Waals surface area contributed by atoms with E-state index in [1.165, 1.54) is 6.33 Å². The molecule has 0 spiro atoms. The van der Waals surface area contributed by atoms with Gasteiger partial charge in [0.05, 0.1) is 0 Å². The third-order valence-electron chi connectivity index (χ3n) is 3.22. The fourth-order valence-electron chi connectivity index (χ4n) is 2.02. The van der Waals surface area contributed by atoms with Gasteiger partial charge in [-0.1, -0.05) is 0 Å². The minimum atomic E-state index is -1.24. The lowest BCUT2D eigenvalue weighted by molar-refractivity contribution is -0.148. The van der Waals surface area contributed by atoms with Crippen LogP contribution in [0.25, 0.3) is 0 Å². The molecule has 1 aliphatic rings. The van der Waals surface area contributed by atoms with Gasteiger partial charge in [-0.3, -0.25) is 5.10 Å². The summed E-state index contributed by atoms with van der Waals surface area (Å²) in [7, 11) is 0. The summed E-state index contributed by atoms with van der Waals surface area (Å²) in [5, 5.41) is 20.8. The summed E-state index contributed by atoms with van der Waals surface area (Å²) in [5.74, 6) is -0.379. The maximum absolute atomic E-state index is 11.8. The van der Waals surface area contributed by atoms with Gasteiger partial charge in [-0.15, -0.1) is 0 Å². The number of carbonyl (C=O) groups excluding carboxylic acids is 1. The molecule has 9 heteroatoms. The molecule has 110 valence electrons. The summed E-state index contributed by atoms with van der Waals surface area (Å²) in [6.07, 6.45) is 2.41.